The topological polar surface area (TPSA) is 50.4 Å². The lowest BCUT2D eigenvalue weighted by atomic mass is 9.92. The van der Waals surface area contributed by atoms with Crippen molar-refractivity contribution in [2.75, 3.05) is 13.2 Å². The van der Waals surface area contributed by atoms with E-state index in [1.165, 1.54) is 0 Å². The fourth-order valence-electron chi connectivity index (χ4n) is 2.61. The van der Waals surface area contributed by atoms with Crippen LogP contribution in [0.3, 0.4) is 0 Å². The van der Waals surface area contributed by atoms with Gasteiger partial charge in [0.2, 0.25) is 5.91 Å². The Bertz CT molecular complexity index is 503. The zero-order chi connectivity index (χ0) is 15.9. The Kier molecular flexibility index (Phi) is 8.26. The maximum atomic E-state index is 12.1. The van der Waals surface area contributed by atoms with Crippen LogP contribution in [0.4, 0.5) is 8.78 Å². The summed E-state index contributed by atoms with van der Waals surface area (Å²) in [5.41, 5.74) is 0.835. The summed E-state index contributed by atoms with van der Waals surface area (Å²) < 4.78 is 29.2. The number of halogens is 3. The van der Waals surface area contributed by atoms with Crippen molar-refractivity contribution in [3.8, 4) is 5.75 Å². The van der Waals surface area contributed by atoms with Gasteiger partial charge in [-0.25, -0.2) is 8.78 Å². The molecule has 0 unspecified atom stereocenters. The van der Waals surface area contributed by atoms with Gasteiger partial charge >= 0.3 is 0 Å². The van der Waals surface area contributed by atoms with Crippen molar-refractivity contribution in [1.29, 1.82) is 0 Å². The highest BCUT2D eigenvalue weighted by Gasteiger charge is 2.24. The Hall–Kier alpha value is -1.40. The molecule has 4 nitrogen and oxygen atoms in total. The smallest absolute Gasteiger partial charge is 0.272 e. The molecule has 1 aromatic rings. The van der Waals surface area contributed by atoms with Crippen molar-refractivity contribution in [3.63, 3.8) is 0 Å². The van der Waals surface area contributed by atoms with Crippen LogP contribution in [0.25, 0.3) is 0 Å². The van der Waals surface area contributed by atoms with Gasteiger partial charge in [-0.1, -0.05) is 12.1 Å². The molecule has 0 bridgehead atoms. The Morgan fingerprint density at radius 2 is 2.26 bits per heavy atom. The molecule has 1 saturated heterocycles. The van der Waals surface area contributed by atoms with E-state index < -0.39 is 13.0 Å². The number of alkyl halides is 2. The van der Waals surface area contributed by atoms with Crippen molar-refractivity contribution in [1.82, 2.24) is 10.6 Å². The summed E-state index contributed by atoms with van der Waals surface area (Å²) in [5, 5.41) is 6.22. The molecule has 1 amide bonds. The van der Waals surface area contributed by atoms with Crippen molar-refractivity contribution in [2.24, 2.45) is 5.92 Å². The van der Waals surface area contributed by atoms with Gasteiger partial charge in [-0.3, -0.25) is 4.79 Å². The maximum absolute atomic E-state index is 12.1. The molecule has 1 aliphatic rings. The number of rotatable bonds is 6. The van der Waals surface area contributed by atoms with E-state index in [4.69, 9.17) is 4.74 Å². The predicted octanol–water partition coefficient (Wildman–Crippen LogP) is 2.76. The van der Waals surface area contributed by atoms with Crippen LogP contribution in [-0.2, 0) is 11.3 Å². The van der Waals surface area contributed by atoms with Gasteiger partial charge in [-0.15, -0.1) is 12.4 Å². The van der Waals surface area contributed by atoms with E-state index in [9.17, 15) is 13.6 Å². The molecular formula is C16H23ClF2N2O2. The molecule has 2 N–H and O–H groups in total. The van der Waals surface area contributed by atoms with E-state index in [1.807, 2.05) is 6.07 Å². The lowest BCUT2D eigenvalue weighted by Gasteiger charge is -2.27. The molecule has 0 radical (unpaired) electrons. The second-order valence-electron chi connectivity index (χ2n) is 5.64. The summed E-state index contributed by atoms with van der Waals surface area (Å²) in [4.78, 5) is 12.1. The molecule has 130 valence electrons. The van der Waals surface area contributed by atoms with E-state index >= 15 is 0 Å². The van der Waals surface area contributed by atoms with Crippen LogP contribution >= 0.6 is 12.4 Å². The average molecular weight is 349 g/mol. The number of hydrogen-bond acceptors (Lipinski definition) is 3. The first-order chi connectivity index (χ1) is 10.5. The molecule has 0 saturated carbocycles. The van der Waals surface area contributed by atoms with Gasteiger partial charge in [0.25, 0.3) is 6.43 Å². The Labute approximate surface area is 141 Å². The van der Waals surface area contributed by atoms with Gasteiger partial charge in [0.1, 0.15) is 12.4 Å². The summed E-state index contributed by atoms with van der Waals surface area (Å²) in [7, 11) is 0. The van der Waals surface area contributed by atoms with Crippen LogP contribution in [-0.4, -0.2) is 31.5 Å². The highest BCUT2D eigenvalue weighted by atomic mass is 35.5. The number of benzene rings is 1. The van der Waals surface area contributed by atoms with Gasteiger partial charge in [-0.05, 0) is 44.0 Å². The summed E-state index contributed by atoms with van der Waals surface area (Å²) in [5.74, 6) is 0.476. The largest absolute Gasteiger partial charge is 0.488 e. The standard InChI is InChI=1S/C16H22F2N2O2.ClH/c1-11-7-13(5-6-19-11)16(21)20-9-12-3-2-4-14(8-12)22-10-15(17)18;/h2-4,8,11,13,15,19H,5-7,9-10H2,1H3,(H,20,21);1H/t11-,13-;/m0./s1. The van der Waals surface area contributed by atoms with Gasteiger partial charge in [0, 0.05) is 18.5 Å². The van der Waals surface area contributed by atoms with Crippen LogP contribution in [0.2, 0.25) is 0 Å². The van der Waals surface area contributed by atoms with E-state index in [2.05, 4.69) is 17.6 Å². The van der Waals surface area contributed by atoms with Gasteiger partial charge in [-0.2, -0.15) is 0 Å². The number of piperidine rings is 1. The zero-order valence-corrected chi connectivity index (χ0v) is 13.9. The molecule has 2 atom stereocenters. The normalized spacial score (nSPS) is 20.7. The minimum absolute atomic E-state index is 0. The molecule has 1 fully saturated rings. The van der Waals surface area contributed by atoms with Crippen molar-refractivity contribution < 1.29 is 18.3 Å². The molecule has 0 spiro atoms. The van der Waals surface area contributed by atoms with E-state index in [1.54, 1.807) is 18.2 Å². The van der Waals surface area contributed by atoms with Crippen molar-refractivity contribution >= 4 is 18.3 Å². The second kappa shape index (κ2) is 9.67. The highest BCUT2D eigenvalue weighted by Crippen LogP contribution is 2.17. The van der Waals surface area contributed by atoms with Crippen LogP contribution in [0.15, 0.2) is 24.3 Å². The molecule has 1 aromatic carbocycles. The second-order valence-corrected chi connectivity index (χ2v) is 5.64. The van der Waals surface area contributed by atoms with E-state index in [0.29, 0.717) is 18.3 Å². The summed E-state index contributed by atoms with van der Waals surface area (Å²) >= 11 is 0. The fourth-order valence-corrected chi connectivity index (χ4v) is 2.61. The van der Waals surface area contributed by atoms with E-state index in [0.717, 1.165) is 24.9 Å². The molecule has 23 heavy (non-hydrogen) atoms. The quantitative estimate of drug-likeness (QED) is 0.831. The molecule has 0 aliphatic carbocycles. The lowest BCUT2D eigenvalue weighted by molar-refractivity contribution is -0.126. The minimum Gasteiger partial charge on any atom is -0.488 e. The summed E-state index contributed by atoms with van der Waals surface area (Å²) in [6, 6.07) is 7.22. The number of nitrogens with one attached hydrogen (secondary N) is 2. The molecule has 1 aliphatic heterocycles. The number of ether oxygens (including phenoxy) is 1. The van der Waals surface area contributed by atoms with Crippen LogP contribution in [0.5, 0.6) is 5.75 Å². The molecule has 0 aromatic heterocycles. The minimum atomic E-state index is -2.50. The third kappa shape index (κ3) is 6.71. The predicted molar refractivity (Wildman–Crippen MR) is 87.2 cm³/mol. The summed E-state index contributed by atoms with van der Waals surface area (Å²) in [6.07, 6.45) is -0.817. The molecule has 2 rings (SSSR count). The van der Waals surface area contributed by atoms with Crippen LogP contribution < -0.4 is 15.4 Å². The molecular weight excluding hydrogens is 326 g/mol. The average Bonchev–Trinajstić information content (AvgIpc) is 2.51. The number of amides is 1. The molecule has 7 heteroatoms. The third-order valence-electron chi connectivity index (χ3n) is 3.74. The van der Waals surface area contributed by atoms with Gasteiger partial charge in [0.05, 0.1) is 0 Å². The fraction of sp³-hybridized carbons (Fsp3) is 0.562. The maximum Gasteiger partial charge on any atom is 0.272 e. The number of hydrogen-bond donors (Lipinski definition) is 2. The van der Waals surface area contributed by atoms with E-state index in [-0.39, 0.29) is 24.2 Å². The Morgan fingerprint density at radius 3 is 2.96 bits per heavy atom. The first-order valence-corrected chi connectivity index (χ1v) is 7.55. The van der Waals surface area contributed by atoms with Crippen molar-refractivity contribution in [3.05, 3.63) is 29.8 Å². The zero-order valence-electron chi connectivity index (χ0n) is 13.1. The lowest BCUT2D eigenvalue weighted by Crippen LogP contribution is -2.42. The number of carbonyl (C=O) groups excluding carboxylic acids is 1. The Balaban J connectivity index is 0.00000264. The van der Waals surface area contributed by atoms with Crippen LogP contribution in [0.1, 0.15) is 25.3 Å². The SMILES string of the molecule is C[C@H]1C[C@@H](C(=O)NCc2cccc(OCC(F)F)c2)CCN1.Cl. The number of carbonyl (C=O) groups is 1. The summed E-state index contributed by atoms with van der Waals surface area (Å²) in [6.45, 7) is 2.69. The van der Waals surface area contributed by atoms with Gasteiger partial charge < -0.3 is 15.4 Å². The monoisotopic (exact) mass is 348 g/mol. The Morgan fingerprint density at radius 1 is 1.48 bits per heavy atom. The van der Waals surface area contributed by atoms with Crippen LogP contribution in [0, 0.1) is 5.92 Å². The first kappa shape index (κ1) is 19.6. The van der Waals surface area contributed by atoms with Crippen molar-refractivity contribution in [2.45, 2.75) is 38.8 Å². The first-order valence-electron chi connectivity index (χ1n) is 7.55. The molecule has 1 heterocycles. The highest BCUT2D eigenvalue weighted by molar-refractivity contribution is 5.85. The third-order valence-corrected chi connectivity index (χ3v) is 3.74. The van der Waals surface area contributed by atoms with Gasteiger partial charge in [0.15, 0.2) is 0 Å².